The zero-order chi connectivity index (χ0) is 14.5. The first-order chi connectivity index (χ1) is 9.60. The van der Waals surface area contributed by atoms with Gasteiger partial charge in [0.15, 0.2) is 0 Å². The largest absolute Gasteiger partial charge is 0.481 e. The lowest BCUT2D eigenvalue weighted by atomic mass is 10.1. The van der Waals surface area contributed by atoms with Crippen LogP contribution in [0.5, 0.6) is 0 Å². The molecule has 20 heavy (non-hydrogen) atoms. The van der Waals surface area contributed by atoms with Crippen LogP contribution in [0.4, 0.5) is 4.79 Å². The number of carbonyl (C=O) groups is 2. The Balaban J connectivity index is 1.92. The Morgan fingerprint density at radius 1 is 1.50 bits per heavy atom. The molecule has 2 amide bonds. The van der Waals surface area contributed by atoms with Gasteiger partial charge in [0.05, 0.1) is 13.0 Å². The van der Waals surface area contributed by atoms with Gasteiger partial charge in [0.1, 0.15) is 5.82 Å². The van der Waals surface area contributed by atoms with Gasteiger partial charge >= 0.3 is 12.0 Å². The maximum Gasteiger partial charge on any atom is 0.318 e. The van der Waals surface area contributed by atoms with Gasteiger partial charge in [-0.3, -0.25) is 4.79 Å². The van der Waals surface area contributed by atoms with E-state index >= 15 is 0 Å². The topological polar surface area (TPSA) is 87.5 Å². The molecule has 7 heteroatoms. The molecule has 1 aliphatic rings. The van der Waals surface area contributed by atoms with Crippen LogP contribution in [0.15, 0.2) is 12.4 Å². The fourth-order valence-corrected chi connectivity index (χ4v) is 2.40. The van der Waals surface area contributed by atoms with Crippen molar-refractivity contribution in [3.05, 3.63) is 18.2 Å². The summed E-state index contributed by atoms with van der Waals surface area (Å²) in [5, 5.41) is 11.7. The number of carboxylic acids is 1. The molecule has 0 fully saturated rings. The molecular weight excluding hydrogens is 260 g/mol. The molecule has 0 aromatic carbocycles. The van der Waals surface area contributed by atoms with Crippen LogP contribution in [0.3, 0.4) is 0 Å². The molecule has 0 bridgehead atoms. The Kier molecular flexibility index (Phi) is 4.60. The average Bonchev–Trinajstić information content (AvgIpc) is 2.85. The summed E-state index contributed by atoms with van der Waals surface area (Å²) in [5.74, 6) is -0.0328. The van der Waals surface area contributed by atoms with Crippen LogP contribution in [0.25, 0.3) is 0 Å². The third-order valence-electron chi connectivity index (χ3n) is 3.42. The summed E-state index contributed by atoms with van der Waals surface area (Å²) in [6.45, 7) is 3.77. The Morgan fingerprint density at radius 3 is 3.00 bits per heavy atom. The van der Waals surface area contributed by atoms with Gasteiger partial charge < -0.3 is 19.9 Å². The van der Waals surface area contributed by atoms with Crippen molar-refractivity contribution in [2.24, 2.45) is 0 Å². The molecule has 110 valence electrons. The minimum Gasteiger partial charge on any atom is -0.481 e. The van der Waals surface area contributed by atoms with Gasteiger partial charge in [0.2, 0.25) is 0 Å². The molecular formula is C13H20N4O3. The van der Waals surface area contributed by atoms with Gasteiger partial charge in [-0.25, -0.2) is 9.78 Å². The molecule has 1 aromatic rings. The van der Waals surface area contributed by atoms with Crippen LogP contribution in [0.1, 0.15) is 32.0 Å². The van der Waals surface area contributed by atoms with E-state index in [4.69, 9.17) is 5.11 Å². The molecule has 0 saturated heterocycles. The molecule has 1 aromatic heterocycles. The van der Waals surface area contributed by atoms with Crippen molar-refractivity contribution in [3.8, 4) is 0 Å². The van der Waals surface area contributed by atoms with E-state index in [1.54, 1.807) is 11.1 Å². The third-order valence-corrected chi connectivity index (χ3v) is 3.42. The number of urea groups is 1. The van der Waals surface area contributed by atoms with E-state index in [-0.39, 0.29) is 18.5 Å². The number of carbonyl (C=O) groups excluding carboxylic acids is 1. The van der Waals surface area contributed by atoms with E-state index < -0.39 is 5.97 Å². The summed E-state index contributed by atoms with van der Waals surface area (Å²) in [6.07, 6.45) is 5.08. The maximum absolute atomic E-state index is 12.2. The van der Waals surface area contributed by atoms with Crippen LogP contribution in [0.2, 0.25) is 0 Å². The minimum absolute atomic E-state index is 0.0396. The Morgan fingerprint density at radius 2 is 2.30 bits per heavy atom. The summed E-state index contributed by atoms with van der Waals surface area (Å²) in [4.78, 5) is 28.8. The lowest BCUT2D eigenvalue weighted by Gasteiger charge is -2.29. The number of imidazole rings is 1. The number of nitrogens with zero attached hydrogens (tertiary/aromatic N) is 3. The van der Waals surface area contributed by atoms with Crippen LogP contribution in [0, 0.1) is 0 Å². The fourth-order valence-electron chi connectivity index (χ4n) is 2.40. The number of nitrogens with one attached hydrogen (secondary N) is 1. The second-order valence-corrected chi connectivity index (χ2v) is 4.99. The predicted octanol–water partition coefficient (Wildman–Crippen LogP) is 1.05. The summed E-state index contributed by atoms with van der Waals surface area (Å²) in [6, 6.07) is -0.523. The normalized spacial score (nSPS) is 15.6. The van der Waals surface area contributed by atoms with Crippen molar-refractivity contribution in [1.29, 1.82) is 0 Å². The Hall–Kier alpha value is -2.05. The molecule has 0 aliphatic carbocycles. The smallest absolute Gasteiger partial charge is 0.318 e. The number of aromatic nitrogens is 2. The molecule has 2 N–H and O–H groups in total. The minimum atomic E-state index is -0.891. The third kappa shape index (κ3) is 3.49. The molecule has 1 atom stereocenters. The molecule has 0 spiro atoms. The molecule has 1 unspecified atom stereocenters. The molecule has 2 heterocycles. The van der Waals surface area contributed by atoms with Gasteiger partial charge in [-0.2, -0.15) is 0 Å². The number of rotatable bonds is 5. The highest BCUT2D eigenvalue weighted by Gasteiger charge is 2.23. The van der Waals surface area contributed by atoms with E-state index in [0.29, 0.717) is 19.5 Å². The average molecular weight is 280 g/mol. The lowest BCUT2D eigenvalue weighted by Crippen LogP contribution is -2.48. The maximum atomic E-state index is 12.2. The van der Waals surface area contributed by atoms with Crippen molar-refractivity contribution in [2.45, 2.75) is 45.3 Å². The van der Waals surface area contributed by atoms with Gasteiger partial charge in [-0.05, 0) is 6.42 Å². The molecule has 0 radical (unpaired) electrons. The molecule has 0 saturated carbocycles. The van der Waals surface area contributed by atoms with E-state index in [0.717, 1.165) is 18.8 Å². The zero-order valence-corrected chi connectivity index (χ0v) is 11.6. The van der Waals surface area contributed by atoms with E-state index in [1.807, 2.05) is 17.7 Å². The number of fused-ring (bicyclic) bond motifs is 1. The zero-order valence-electron chi connectivity index (χ0n) is 11.6. The second kappa shape index (κ2) is 6.40. The number of amides is 2. The quantitative estimate of drug-likeness (QED) is 0.844. The SMILES string of the molecule is CCCC(CC(=O)O)NC(=O)N1CCn2ccnc2C1. The van der Waals surface area contributed by atoms with Crippen LogP contribution in [-0.4, -0.2) is 44.1 Å². The summed E-state index contributed by atoms with van der Waals surface area (Å²) in [5.41, 5.74) is 0. The number of carboxylic acid groups (broad SMARTS) is 1. The monoisotopic (exact) mass is 280 g/mol. The van der Waals surface area contributed by atoms with Crippen LogP contribution in [-0.2, 0) is 17.9 Å². The van der Waals surface area contributed by atoms with Gasteiger partial charge in [-0.1, -0.05) is 13.3 Å². The summed E-state index contributed by atoms with van der Waals surface area (Å²) >= 11 is 0. The first kappa shape index (κ1) is 14.4. The molecule has 2 rings (SSSR count). The van der Waals surface area contributed by atoms with Crippen LogP contribution >= 0.6 is 0 Å². The fraction of sp³-hybridized carbons (Fsp3) is 0.615. The lowest BCUT2D eigenvalue weighted by molar-refractivity contribution is -0.137. The van der Waals surface area contributed by atoms with Gasteiger partial charge in [0.25, 0.3) is 0 Å². The van der Waals surface area contributed by atoms with Crippen molar-refractivity contribution >= 4 is 12.0 Å². The first-order valence-electron chi connectivity index (χ1n) is 6.87. The highest BCUT2D eigenvalue weighted by Crippen LogP contribution is 2.11. The Labute approximate surface area is 117 Å². The Bertz CT molecular complexity index is 486. The molecule has 7 nitrogen and oxygen atoms in total. The number of aliphatic carboxylic acids is 1. The highest BCUT2D eigenvalue weighted by atomic mass is 16.4. The highest BCUT2D eigenvalue weighted by molar-refractivity contribution is 5.76. The second-order valence-electron chi connectivity index (χ2n) is 4.99. The number of hydrogen-bond acceptors (Lipinski definition) is 3. The van der Waals surface area contributed by atoms with E-state index in [1.165, 1.54) is 0 Å². The van der Waals surface area contributed by atoms with Gasteiger partial charge in [0, 0.05) is 31.5 Å². The summed E-state index contributed by atoms with van der Waals surface area (Å²) in [7, 11) is 0. The first-order valence-corrected chi connectivity index (χ1v) is 6.87. The summed E-state index contributed by atoms with van der Waals surface area (Å²) < 4.78 is 2.02. The van der Waals surface area contributed by atoms with Crippen molar-refractivity contribution in [3.63, 3.8) is 0 Å². The predicted molar refractivity (Wildman–Crippen MR) is 72.1 cm³/mol. The van der Waals surface area contributed by atoms with Crippen molar-refractivity contribution in [1.82, 2.24) is 19.8 Å². The van der Waals surface area contributed by atoms with Gasteiger partial charge in [-0.15, -0.1) is 0 Å². The number of hydrogen-bond donors (Lipinski definition) is 2. The van der Waals surface area contributed by atoms with E-state index in [9.17, 15) is 9.59 Å². The standard InChI is InChI=1S/C13H20N4O3/c1-2-3-10(8-12(18)19)15-13(20)17-7-6-16-5-4-14-11(16)9-17/h4-5,10H,2-3,6-9H2,1H3,(H,15,20)(H,18,19). The van der Waals surface area contributed by atoms with Crippen molar-refractivity contribution < 1.29 is 14.7 Å². The van der Waals surface area contributed by atoms with Crippen LogP contribution < -0.4 is 5.32 Å². The van der Waals surface area contributed by atoms with Crippen molar-refractivity contribution in [2.75, 3.05) is 6.54 Å². The molecule has 1 aliphatic heterocycles. The van der Waals surface area contributed by atoms with E-state index in [2.05, 4.69) is 10.3 Å².